The lowest BCUT2D eigenvalue weighted by Gasteiger charge is -2.07. The van der Waals surface area contributed by atoms with E-state index in [9.17, 15) is 13.2 Å². The summed E-state index contributed by atoms with van der Waals surface area (Å²) in [6, 6.07) is 12.0. The lowest BCUT2D eigenvalue weighted by Crippen LogP contribution is -2.28. The van der Waals surface area contributed by atoms with Crippen LogP contribution in [0.1, 0.15) is 11.1 Å². The van der Waals surface area contributed by atoms with Gasteiger partial charge in [0.05, 0.1) is 5.75 Å². The van der Waals surface area contributed by atoms with Crippen LogP contribution in [0.15, 0.2) is 48.7 Å². The minimum atomic E-state index is -3.31. The molecule has 3 rings (SSSR count). The quantitative estimate of drug-likeness (QED) is 0.539. The Morgan fingerprint density at radius 1 is 1.07 bits per heavy atom. The number of amides is 2. The van der Waals surface area contributed by atoms with E-state index in [0.717, 1.165) is 5.56 Å². The van der Waals surface area contributed by atoms with Gasteiger partial charge in [-0.25, -0.2) is 17.9 Å². The number of carbonyl (C=O) groups is 1. The van der Waals surface area contributed by atoms with Crippen molar-refractivity contribution < 1.29 is 13.2 Å². The first-order valence-corrected chi connectivity index (χ1v) is 10.7. The van der Waals surface area contributed by atoms with Crippen LogP contribution in [-0.4, -0.2) is 36.7 Å². The number of rotatable bonds is 7. The maximum atomic E-state index is 12.0. The third-order valence-electron chi connectivity index (χ3n) is 3.67. The highest BCUT2D eigenvalue weighted by atomic mass is 32.2. The van der Waals surface area contributed by atoms with Crippen molar-refractivity contribution in [1.29, 1.82) is 0 Å². The normalized spacial score (nSPS) is 11.2. The first-order chi connectivity index (χ1) is 13.4. The third kappa shape index (κ3) is 5.55. The molecule has 0 spiro atoms. The number of urea groups is 1. The molecule has 2 amide bonds. The molecule has 2 heterocycles. The number of pyridine rings is 1. The van der Waals surface area contributed by atoms with E-state index in [1.807, 2.05) is 18.2 Å². The first kappa shape index (κ1) is 19.9. The van der Waals surface area contributed by atoms with Gasteiger partial charge < -0.3 is 5.32 Å². The van der Waals surface area contributed by atoms with E-state index in [2.05, 4.69) is 30.5 Å². The molecule has 28 heavy (non-hydrogen) atoms. The van der Waals surface area contributed by atoms with Crippen molar-refractivity contribution in [2.45, 2.75) is 12.3 Å². The maximum absolute atomic E-state index is 12.0. The van der Waals surface area contributed by atoms with Crippen molar-refractivity contribution in [3.63, 3.8) is 0 Å². The van der Waals surface area contributed by atoms with E-state index >= 15 is 0 Å². The molecule has 0 aliphatic heterocycles. The van der Waals surface area contributed by atoms with E-state index in [1.165, 1.54) is 18.4 Å². The molecule has 3 N–H and O–H groups in total. The summed E-state index contributed by atoms with van der Waals surface area (Å²) in [7, 11) is -1.93. The molecule has 0 aliphatic rings. The van der Waals surface area contributed by atoms with Crippen molar-refractivity contribution in [2.24, 2.45) is 0 Å². The monoisotopic (exact) mass is 418 g/mol. The summed E-state index contributed by atoms with van der Waals surface area (Å²) < 4.78 is 25.4. The van der Waals surface area contributed by atoms with E-state index in [4.69, 9.17) is 0 Å². The third-order valence-corrected chi connectivity index (χ3v) is 5.87. The molecule has 3 aromatic rings. The molecular weight excluding hydrogens is 400 g/mol. The minimum absolute atomic E-state index is 0.0899. The number of carbonyl (C=O) groups excluding carboxylic acids is 1. The number of benzene rings is 1. The first-order valence-electron chi connectivity index (χ1n) is 8.24. The van der Waals surface area contributed by atoms with Gasteiger partial charge in [0.2, 0.25) is 15.2 Å². The second-order valence-corrected chi connectivity index (χ2v) is 8.62. The number of sulfonamides is 1. The molecule has 0 aliphatic carbocycles. The molecule has 146 valence electrons. The minimum Gasteiger partial charge on any atom is -0.334 e. The molecular formula is C17H18N6O3S2. The van der Waals surface area contributed by atoms with Crippen LogP contribution in [0.5, 0.6) is 0 Å². The average molecular weight is 419 g/mol. The van der Waals surface area contributed by atoms with Crippen LogP contribution in [0, 0.1) is 0 Å². The van der Waals surface area contributed by atoms with Gasteiger partial charge in [-0.15, -0.1) is 10.2 Å². The fourth-order valence-electron chi connectivity index (χ4n) is 2.24. The molecule has 0 saturated heterocycles. The molecule has 11 heteroatoms. The summed E-state index contributed by atoms with van der Waals surface area (Å²) in [4.78, 5) is 16.2. The summed E-state index contributed by atoms with van der Waals surface area (Å²) in [5, 5.41) is 14.3. The van der Waals surface area contributed by atoms with Crippen molar-refractivity contribution in [3.8, 4) is 10.7 Å². The average Bonchev–Trinajstić information content (AvgIpc) is 3.16. The Labute approximate surface area is 166 Å². The fraction of sp³-hybridized carbons (Fsp3) is 0.176. The Kier molecular flexibility index (Phi) is 6.29. The fourth-order valence-corrected chi connectivity index (χ4v) is 3.73. The highest BCUT2D eigenvalue weighted by molar-refractivity contribution is 7.88. The number of nitrogens with one attached hydrogen (secondary N) is 3. The number of hydrogen-bond acceptors (Lipinski definition) is 7. The summed E-state index contributed by atoms with van der Waals surface area (Å²) >= 11 is 1.23. The Morgan fingerprint density at radius 2 is 1.82 bits per heavy atom. The van der Waals surface area contributed by atoms with Gasteiger partial charge in [0.25, 0.3) is 0 Å². The molecule has 1 aromatic carbocycles. The highest BCUT2D eigenvalue weighted by Crippen LogP contribution is 2.24. The van der Waals surface area contributed by atoms with Crippen LogP contribution >= 0.6 is 11.3 Å². The van der Waals surface area contributed by atoms with Gasteiger partial charge in [0.15, 0.2) is 5.01 Å². The van der Waals surface area contributed by atoms with Crippen LogP contribution in [0.2, 0.25) is 0 Å². The van der Waals surface area contributed by atoms with Crippen molar-refractivity contribution in [2.75, 3.05) is 12.4 Å². The number of aromatic nitrogens is 3. The van der Waals surface area contributed by atoms with Crippen LogP contribution in [-0.2, 0) is 22.3 Å². The number of anilines is 1. The van der Waals surface area contributed by atoms with E-state index in [1.54, 1.807) is 30.5 Å². The Hall–Kier alpha value is -2.89. The topological polar surface area (TPSA) is 126 Å². The molecule has 0 fully saturated rings. The van der Waals surface area contributed by atoms with Crippen LogP contribution in [0.3, 0.4) is 0 Å². The predicted molar refractivity (Wildman–Crippen MR) is 107 cm³/mol. The SMILES string of the molecule is CNS(=O)(=O)Cc1ccc(CNC(=O)Nc2nnc(-c3ccccn3)s2)cc1. The Morgan fingerprint density at radius 3 is 2.50 bits per heavy atom. The molecule has 2 aromatic heterocycles. The van der Waals surface area contributed by atoms with Gasteiger partial charge in [-0.05, 0) is 30.3 Å². The van der Waals surface area contributed by atoms with Crippen LogP contribution in [0.25, 0.3) is 10.7 Å². The van der Waals surface area contributed by atoms with Gasteiger partial charge in [0.1, 0.15) is 5.69 Å². The standard InChI is InChI=1S/C17H18N6O3S2/c1-18-28(25,26)11-13-7-5-12(6-8-13)10-20-16(24)21-17-23-22-15(27-17)14-4-2-3-9-19-14/h2-9,18H,10-11H2,1H3,(H2,20,21,23,24). The molecule has 0 unspecified atom stereocenters. The lowest BCUT2D eigenvalue weighted by molar-refractivity contribution is 0.251. The van der Waals surface area contributed by atoms with Gasteiger partial charge in [-0.3, -0.25) is 10.3 Å². The lowest BCUT2D eigenvalue weighted by atomic mass is 10.1. The summed E-state index contributed by atoms with van der Waals surface area (Å²) in [6.45, 7) is 0.288. The van der Waals surface area contributed by atoms with E-state index in [0.29, 0.717) is 21.4 Å². The highest BCUT2D eigenvalue weighted by Gasteiger charge is 2.11. The maximum Gasteiger partial charge on any atom is 0.321 e. The predicted octanol–water partition coefficient (Wildman–Crippen LogP) is 1.97. The summed E-state index contributed by atoms with van der Waals surface area (Å²) in [5.41, 5.74) is 2.19. The second-order valence-electron chi connectivity index (χ2n) is 5.71. The largest absolute Gasteiger partial charge is 0.334 e. The van der Waals surface area contributed by atoms with Crippen molar-refractivity contribution in [3.05, 3.63) is 59.8 Å². The molecule has 0 atom stereocenters. The number of hydrogen-bond donors (Lipinski definition) is 3. The van der Waals surface area contributed by atoms with E-state index in [-0.39, 0.29) is 12.3 Å². The molecule has 9 nitrogen and oxygen atoms in total. The summed E-state index contributed by atoms with van der Waals surface area (Å²) in [5.74, 6) is -0.0899. The molecule has 0 bridgehead atoms. The zero-order chi connectivity index (χ0) is 20.0. The van der Waals surface area contributed by atoms with Crippen LogP contribution < -0.4 is 15.4 Å². The number of nitrogens with zero attached hydrogens (tertiary/aromatic N) is 3. The van der Waals surface area contributed by atoms with Gasteiger partial charge >= 0.3 is 6.03 Å². The van der Waals surface area contributed by atoms with Crippen LogP contribution in [0.4, 0.5) is 9.93 Å². The van der Waals surface area contributed by atoms with Gasteiger partial charge in [0, 0.05) is 12.7 Å². The van der Waals surface area contributed by atoms with Gasteiger partial charge in [-0.1, -0.05) is 41.7 Å². The zero-order valence-corrected chi connectivity index (χ0v) is 16.5. The second kappa shape index (κ2) is 8.87. The van der Waals surface area contributed by atoms with Gasteiger partial charge in [-0.2, -0.15) is 0 Å². The molecule has 0 saturated carbocycles. The van der Waals surface area contributed by atoms with E-state index < -0.39 is 16.1 Å². The molecule has 0 radical (unpaired) electrons. The van der Waals surface area contributed by atoms with Crippen molar-refractivity contribution in [1.82, 2.24) is 25.2 Å². The zero-order valence-electron chi connectivity index (χ0n) is 14.9. The van der Waals surface area contributed by atoms with Crippen molar-refractivity contribution >= 4 is 32.5 Å². The Bertz CT molecular complexity index is 1040. The Balaban J connectivity index is 1.51. The smallest absolute Gasteiger partial charge is 0.321 e. The summed E-state index contributed by atoms with van der Waals surface area (Å²) in [6.07, 6.45) is 1.66.